The molecule has 1 aliphatic rings. The number of pyridine rings is 1. The zero-order chi connectivity index (χ0) is 17.3. The summed E-state index contributed by atoms with van der Waals surface area (Å²) >= 11 is 5.64. The maximum absolute atomic E-state index is 13.6. The van der Waals surface area contributed by atoms with Crippen molar-refractivity contribution in [1.29, 1.82) is 0 Å². The smallest absolute Gasteiger partial charge is 0.252 e. The van der Waals surface area contributed by atoms with E-state index in [0.29, 0.717) is 18.7 Å². The van der Waals surface area contributed by atoms with Crippen LogP contribution in [-0.2, 0) is 4.79 Å². The molecule has 2 N–H and O–H groups in total. The first-order valence-corrected chi connectivity index (χ1v) is 7.59. The number of halogens is 2. The first-order chi connectivity index (χ1) is 11.5. The van der Waals surface area contributed by atoms with E-state index < -0.39 is 23.3 Å². The number of H-pyrrole nitrogens is 1. The standard InChI is InChI=1S/C16H13ClFN3O3/c17-11-2-1-10(8-12(11)18)21-6-4-13(16(21)24)20-15(23)9-3-5-19-14(22)7-9/h1-3,5,7-8,13H,4,6H2,(H,19,22)(H,20,23)/t13-/m0/s1. The van der Waals surface area contributed by atoms with Crippen LogP contribution in [0.1, 0.15) is 16.8 Å². The van der Waals surface area contributed by atoms with Crippen LogP contribution in [0.5, 0.6) is 0 Å². The highest BCUT2D eigenvalue weighted by Crippen LogP contribution is 2.25. The Morgan fingerprint density at radius 2 is 2.08 bits per heavy atom. The van der Waals surface area contributed by atoms with Crippen molar-refractivity contribution < 1.29 is 14.0 Å². The molecule has 2 heterocycles. The normalized spacial score (nSPS) is 17.2. The van der Waals surface area contributed by atoms with E-state index in [-0.39, 0.29) is 16.5 Å². The second-order valence-corrected chi connectivity index (χ2v) is 5.75. The van der Waals surface area contributed by atoms with Crippen molar-refractivity contribution in [2.45, 2.75) is 12.5 Å². The number of carbonyl (C=O) groups excluding carboxylic acids is 2. The Bertz CT molecular complexity index is 868. The van der Waals surface area contributed by atoms with Crippen molar-refractivity contribution >= 4 is 29.1 Å². The number of hydrogen-bond acceptors (Lipinski definition) is 3. The lowest BCUT2D eigenvalue weighted by Crippen LogP contribution is -2.41. The van der Waals surface area contributed by atoms with Crippen LogP contribution < -0.4 is 15.8 Å². The van der Waals surface area contributed by atoms with Crippen LogP contribution in [0.15, 0.2) is 41.3 Å². The maximum atomic E-state index is 13.6. The van der Waals surface area contributed by atoms with Gasteiger partial charge in [-0.05, 0) is 30.7 Å². The maximum Gasteiger partial charge on any atom is 0.252 e. The zero-order valence-electron chi connectivity index (χ0n) is 12.4. The lowest BCUT2D eigenvalue weighted by molar-refractivity contribution is -0.118. The molecule has 24 heavy (non-hydrogen) atoms. The van der Waals surface area contributed by atoms with Gasteiger partial charge in [0, 0.05) is 30.1 Å². The number of carbonyl (C=O) groups is 2. The van der Waals surface area contributed by atoms with Gasteiger partial charge >= 0.3 is 0 Å². The second kappa shape index (κ2) is 6.45. The van der Waals surface area contributed by atoms with Crippen LogP contribution in [0.4, 0.5) is 10.1 Å². The van der Waals surface area contributed by atoms with Crippen molar-refractivity contribution in [3.63, 3.8) is 0 Å². The van der Waals surface area contributed by atoms with Crippen LogP contribution in [0.25, 0.3) is 0 Å². The molecule has 1 aliphatic heterocycles. The fourth-order valence-corrected chi connectivity index (χ4v) is 2.67. The molecule has 0 saturated carbocycles. The summed E-state index contributed by atoms with van der Waals surface area (Å²) in [5.74, 6) is -1.46. The van der Waals surface area contributed by atoms with Crippen molar-refractivity contribution in [2.24, 2.45) is 0 Å². The predicted octanol–water partition coefficient (Wildman–Crippen LogP) is 1.70. The van der Waals surface area contributed by atoms with Crippen molar-refractivity contribution in [1.82, 2.24) is 10.3 Å². The Hall–Kier alpha value is -2.67. The summed E-state index contributed by atoms with van der Waals surface area (Å²) in [5.41, 5.74) is 0.149. The number of rotatable bonds is 3. The fraction of sp³-hybridized carbons (Fsp3) is 0.188. The molecule has 124 valence electrons. The number of amides is 2. The number of benzene rings is 1. The summed E-state index contributed by atoms with van der Waals surface area (Å²) < 4.78 is 13.6. The summed E-state index contributed by atoms with van der Waals surface area (Å²) in [6.45, 7) is 0.347. The monoisotopic (exact) mass is 349 g/mol. The zero-order valence-corrected chi connectivity index (χ0v) is 13.1. The van der Waals surface area contributed by atoms with E-state index in [2.05, 4.69) is 10.3 Å². The first-order valence-electron chi connectivity index (χ1n) is 7.22. The van der Waals surface area contributed by atoms with Gasteiger partial charge in [0.25, 0.3) is 5.91 Å². The molecule has 1 saturated heterocycles. The molecule has 1 aromatic heterocycles. The molecule has 1 fully saturated rings. The van der Waals surface area contributed by atoms with Gasteiger partial charge in [0.1, 0.15) is 11.9 Å². The Balaban J connectivity index is 1.73. The van der Waals surface area contributed by atoms with Gasteiger partial charge in [-0.3, -0.25) is 14.4 Å². The molecule has 2 aromatic rings. The number of aromatic amines is 1. The molecule has 8 heteroatoms. The van der Waals surface area contributed by atoms with Gasteiger partial charge in [-0.25, -0.2) is 4.39 Å². The SMILES string of the molecule is O=C(N[C@H]1CCN(c2ccc(Cl)c(F)c2)C1=O)c1cc[nH]c(=O)c1. The number of hydrogen-bond donors (Lipinski definition) is 2. The lowest BCUT2D eigenvalue weighted by atomic mass is 10.2. The first kappa shape index (κ1) is 16.2. The molecule has 2 amide bonds. The highest BCUT2D eigenvalue weighted by molar-refractivity contribution is 6.30. The van der Waals surface area contributed by atoms with E-state index in [1.54, 1.807) is 6.07 Å². The van der Waals surface area contributed by atoms with E-state index in [0.717, 1.165) is 6.07 Å². The molecular weight excluding hydrogens is 337 g/mol. The summed E-state index contributed by atoms with van der Waals surface area (Å²) in [4.78, 5) is 39.6. The average molecular weight is 350 g/mol. The predicted molar refractivity (Wildman–Crippen MR) is 86.7 cm³/mol. The van der Waals surface area contributed by atoms with Crippen molar-refractivity contribution in [2.75, 3.05) is 11.4 Å². The fourth-order valence-electron chi connectivity index (χ4n) is 2.55. The van der Waals surface area contributed by atoms with E-state index in [1.807, 2.05) is 0 Å². The summed E-state index contributed by atoms with van der Waals surface area (Å²) in [7, 11) is 0. The van der Waals surface area contributed by atoms with Crippen LogP contribution in [-0.4, -0.2) is 29.4 Å². The summed E-state index contributed by atoms with van der Waals surface area (Å²) in [6.07, 6.45) is 1.74. The van der Waals surface area contributed by atoms with Crippen LogP contribution in [0, 0.1) is 5.82 Å². The molecule has 0 spiro atoms. The topological polar surface area (TPSA) is 82.3 Å². The lowest BCUT2D eigenvalue weighted by Gasteiger charge is -2.17. The van der Waals surface area contributed by atoms with E-state index in [1.165, 1.54) is 29.3 Å². The number of anilines is 1. The third-order valence-electron chi connectivity index (χ3n) is 3.76. The van der Waals surface area contributed by atoms with Gasteiger partial charge in [-0.2, -0.15) is 0 Å². The Labute approximate surface area is 141 Å². The minimum Gasteiger partial charge on any atom is -0.340 e. The van der Waals surface area contributed by atoms with Gasteiger partial charge in [0.05, 0.1) is 5.02 Å². The molecule has 0 unspecified atom stereocenters. The highest BCUT2D eigenvalue weighted by atomic mass is 35.5. The minimum absolute atomic E-state index is 0.0236. The third-order valence-corrected chi connectivity index (χ3v) is 4.07. The highest BCUT2D eigenvalue weighted by Gasteiger charge is 2.34. The van der Waals surface area contributed by atoms with Crippen LogP contribution >= 0.6 is 11.6 Å². The summed E-state index contributed by atoms with van der Waals surface area (Å²) in [6, 6.07) is 5.98. The summed E-state index contributed by atoms with van der Waals surface area (Å²) in [5, 5.41) is 2.57. The van der Waals surface area contributed by atoms with Crippen LogP contribution in [0.3, 0.4) is 0 Å². The Morgan fingerprint density at radius 3 is 2.79 bits per heavy atom. The van der Waals surface area contributed by atoms with Gasteiger partial charge in [0.2, 0.25) is 11.5 Å². The molecule has 0 bridgehead atoms. The molecule has 0 radical (unpaired) electrons. The van der Waals surface area contributed by atoms with Crippen molar-refractivity contribution in [3.05, 3.63) is 63.3 Å². The molecule has 1 atom stereocenters. The molecule has 6 nitrogen and oxygen atoms in total. The quantitative estimate of drug-likeness (QED) is 0.885. The van der Waals surface area contributed by atoms with Gasteiger partial charge < -0.3 is 15.2 Å². The number of aromatic nitrogens is 1. The average Bonchev–Trinajstić information content (AvgIpc) is 2.91. The minimum atomic E-state index is -0.726. The second-order valence-electron chi connectivity index (χ2n) is 5.34. The molecule has 1 aromatic carbocycles. The third kappa shape index (κ3) is 3.16. The largest absolute Gasteiger partial charge is 0.340 e. The number of nitrogens with zero attached hydrogens (tertiary/aromatic N) is 1. The Kier molecular flexibility index (Phi) is 4.35. The van der Waals surface area contributed by atoms with E-state index >= 15 is 0 Å². The van der Waals surface area contributed by atoms with Gasteiger partial charge in [-0.1, -0.05) is 11.6 Å². The van der Waals surface area contributed by atoms with Crippen LogP contribution in [0.2, 0.25) is 5.02 Å². The Morgan fingerprint density at radius 1 is 1.29 bits per heavy atom. The van der Waals surface area contributed by atoms with E-state index in [4.69, 9.17) is 11.6 Å². The van der Waals surface area contributed by atoms with Crippen molar-refractivity contribution in [3.8, 4) is 0 Å². The van der Waals surface area contributed by atoms with Gasteiger partial charge in [0.15, 0.2) is 0 Å². The van der Waals surface area contributed by atoms with E-state index in [9.17, 15) is 18.8 Å². The molecular formula is C16H13ClFN3O3. The number of nitrogens with one attached hydrogen (secondary N) is 2. The molecule has 3 rings (SSSR count). The molecule has 0 aliphatic carbocycles. The van der Waals surface area contributed by atoms with Gasteiger partial charge in [-0.15, -0.1) is 0 Å².